The van der Waals surface area contributed by atoms with E-state index in [1.807, 2.05) is 42.3 Å². The molecule has 0 radical (unpaired) electrons. The first kappa shape index (κ1) is 22.1. The number of nitrogens with zero attached hydrogens (tertiary/aromatic N) is 2. The Bertz CT molecular complexity index is 868. The summed E-state index contributed by atoms with van der Waals surface area (Å²) in [5.41, 5.74) is 1.50. The molecule has 0 bridgehead atoms. The van der Waals surface area contributed by atoms with Gasteiger partial charge in [-0.2, -0.15) is 4.31 Å². The highest BCUT2D eigenvalue weighted by atomic mass is 32.2. The predicted octanol–water partition coefficient (Wildman–Crippen LogP) is 3.18. The fourth-order valence-corrected chi connectivity index (χ4v) is 3.87. The van der Waals surface area contributed by atoms with Crippen molar-refractivity contribution in [2.24, 2.45) is 0 Å². The Kier molecular flexibility index (Phi) is 7.74. The van der Waals surface area contributed by atoms with Gasteiger partial charge >= 0.3 is 0 Å². The van der Waals surface area contributed by atoms with Gasteiger partial charge in [-0.15, -0.1) is 0 Å². The van der Waals surface area contributed by atoms with Gasteiger partial charge in [0.1, 0.15) is 0 Å². The van der Waals surface area contributed by atoms with E-state index < -0.39 is 10.0 Å². The smallest absolute Gasteiger partial charge is 0.243 e. The lowest BCUT2D eigenvalue weighted by atomic mass is 10.2. The zero-order chi connectivity index (χ0) is 20.7. The molecular formula is C21H29N3O3S. The molecular weight excluding hydrogens is 374 g/mol. The third-order valence-electron chi connectivity index (χ3n) is 4.83. The van der Waals surface area contributed by atoms with Crippen molar-refractivity contribution in [3.8, 4) is 0 Å². The largest absolute Gasteiger partial charge is 0.325 e. The third-order valence-corrected chi connectivity index (χ3v) is 6.65. The number of carbonyl (C=O) groups excluding carboxylic acids is 1. The summed E-state index contributed by atoms with van der Waals surface area (Å²) in [4.78, 5) is 14.3. The van der Waals surface area contributed by atoms with Crippen molar-refractivity contribution in [2.75, 3.05) is 26.0 Å². The molecule has 152 valence electrons. The van der Waals surface area contributed by atoms with Gasteiger partial charge in [0.15, 0.2) is 0 Å². The Morgan fingerprint density at radius 2 is 1.64 bits per heavy atom. The van der Waals surface area contributed by atoms with Crippen LogP contribution in [0.3, 0.4) is 0 Å². The van der Waals surface area contributed by atoms with Crippen molar-refractivity contribution >= 4 is 21.6 Å². The molecule has 0 fully saturated rings. The Morgan fingerprint density at radius 3 is 2.21 bits per heavy atom. The van der Waals surface area contributed by atoms with Crippen molar-refractivity contribution in [3.05, 3.63) is 60.2 Å². The lowest BCUT2D eigenvalue weighted by molar-refractivity contribution is -0.117. The summed E-state index contributed by atoms with van der Waals surface area (Å²) in [5.74, 6) is -0.125. The highest BCUT2D eigenvalue weighted by molar-refractivity contribution is 7.89. The van der Waals surface area contributed by atoms with Gasteiger partial charge in [-0.05, 0) is 50.2 Å². The van der Waals surface area contributed by atoms with E-state index in [0.717, 1.165) is 12.0 Å². The second-order valence-electron chi connectivity index (χ2n) is 6.99. The summed E-state index contributed by atoms with van der Waals surface area (Å²) in [6.07, 6.45) is 0.965. The lowest BCUT2D eigenvalue weighted by Crippen LogP contribution is -2.36. The van der Waals surface area contributed by atoms with Crippen LogP contribution < -0.4 is 5.32 Å². The Morgan fingerprint density at radius 1 is 1.04 bits per heavy atom. The summed E-state index contributed by atoms with van der Waals surface area (Å²) in [5, 5.41) is 2.81. The van der Waals surface area contributed by atoms with E-state index in [1.165, 1.54) is 16.4 Å². The van der Waals surface area contributed by atoms with Crippen molar-refractivity contribution in [2.45, 2.75) is 37.8 Å². The van der Waals surface area contributed by atoms with Gasteiger partial charge in [-0.3, -0.25) is 9.69 Å². The van der Waals surface area contributed by atoms with E-state index in [4.69, 9.17) is 0 Å². The Hall–Kier alpha value is -2.22. The molecule has 0 aliphatic rings. The summed E-state index contributed by atoms with van der Waals surface area (Å²) in [6, 6.07) is 16.0. The molecule has 6 nitrogen and oxygen atoms in total. The van der Waals surface area contributed by atoms with Crippen LogP contribution in [0.2, 0.25) is 0 Å². The number of hydrogen-bond acceptors (Lipinski definition) is 4. The van der Waals surface area contributed by atoms with Crippen LogP contribution in [0, 0.1) is 0 Å². The topological polar surface area (TPSA) is 69.7 Å². The number of benzene rings is 2. The van der Waals surface area contributed by atoms with Gasteiger partial charge in [0, 0.05) is 25.3 Å². The van der Waals surface area contributed by atoms with E-state index >= 15 is 0 Å². The number of amides is 1. The maximum Gasteiger partial charge on any atom is 0.243 e. The lowest BCUT2D eigenvalue weighted by Gasteiger charge is -2.22. The van der Waals surface area contributed by atoms with Crippen LogP contribution in [0.25, 0.3) is 0 Å². The van der Waals surface area contributed by atoms with Gasteiger partial charge in [0.25, 0.3) is 0 Å². The number of sulfonamides is 1. The van der Waals surface area contributed by atoms with Gasteiger partial charge in [-0.1, -0.05) is 37.3 Å². The van der Waals surface area contributed by atoms with Crippen molar-refractivity contribution in [3.63, 3.8) is 0 Å². The van der Waals surface area contributed by atoms with Gasteiger partial charge in [-0.25, -0.2) is 8.42 Å². The van der Waals surface area contributed by atoms with Crippen LogP contribution in [0.15, 0.2) is 59.5 Å². The number of hydrogen-bond donors (Lipinski definition) is 1. The first-order valence-electron chi connectivity index (χ1n) is 9.34. The number of anilines is 1. The van der Waals surface area contributed by atoms with E-state index in [0.29, 0.717) is 18.3 Å². The quantitative estimate of drug-likeness (QED) is 0.698. The average Bonchev–Trinajstić information content (AvgIpc) is 2.68. The number of likely N-dealkylation sites (N-methyl/N-ethyl adjacent to an activating group) is 1. The molecule has 1 amide bonds. The van der Waals surface area contributed by atoms with Gasteiger partial charge in [0.05, 0.1) is 11.4 Å². The van der Waals surface area contributed by atoms with Crippen LogP contribution in [0.5, 0.6) is 0 Å². The van der Waals surface area contributed by atoms with Crippen LogP contribution in [0.4, 0.5) is 5.69 Å². The molecule has 0 saturated carbocycles. The summed E-state index contributed by atoms with van der Waals surface area (Å²) in [6.45, 7) is 4.73. The minimum Gasteiger partial charge on any atom is -0.325 e. The van der Waals surface area contributed by atoms with Crippen molar-refractivity contribution < 1.29 is 13.2 Å². The van der Waals surface area contributed by atoms with Crippen LogP contribution in [0.1, 0.15) is 25.8 Å². The van der Waals surface area contributed by atoms with E-state index in [-0.39, 0.29) is 17.3 Å². The molecule has 0 aliphatic carbocycles. The molecule has 1 atom stereocenters. The average molecular weight is 404 g/mol. The van der Waals surface area contributed by atoms with Crippen LogP contribution in [-0.2, 0) is 21.4 Å². The van der Waals surface area contributed by atoms with Crippen LogP contribution >= 0.6 is 0 Å². The molecule has 0 aliphatic heterocycles. The molecule has 2 rings (SSSR count). The maximum atomic E-state index is 12.8. The molecule has 0 heterocycles. The Labute approximate surface area is 168 Å². The molecule has 0 saturated heterocycles. The van der Waals surface area contributed by atoms with E-state index in [2.05, 4.69) is 19.2 Å². The zero-order valence-electron chi connectivity index (χ0n) is 16.9. The first-order valence-corrected chi connectivity index (χ1v) is 10.8. The van der Waals surface area contributed by atoms with Crippen molar-refractivity contribution in [1.82, 2.24) is 9.21 Å². The number of rotatable bonds is 9. The SMILES string of the molecule is CCC(C)N(C)CC(=O)Nc1ccc(S(=O)(=O)N(C)Cc2ccccc2)cc1. The number of nitrogens with one attached hydrogen (secondary N) is 1. The molecule has 1 N–H and O–H groups in total. The molecule has 1 unspecified atom stereocenters. The van der Waals surface area contributed by atoms with Crippen molar-refractivity contribution in [1.29, 1.82) is 0 Å². The summed E-state index contributed by atoms with van der Waals surface area (Å²) < 4.78 is 26.8. The third kappa shape index (κ3) is 5.89. The van der Waals surface area contributed by atoms with E-state index in [1.54, 1.807) is 19.2 Å². The Balaban J connectivity index is 2.01. The summed E-state index contributed by atoms with van der Waals surface area (Å²) in [7, 11) is -0.137. The summed E-state index contributed by atoms with van der Waals surface area (Å²) >= 11 is 0. The first-order chi connectivity index (χ1) is 13.2. The number of carbonyl (C=O) groups is 1. The fourth-order valence-electron chi connectivity index (χ4n) is 2.71. The predicted molar refractivity (Wildman–Crippen MR) is 113 cm³/mol. The molecule has 7 heteroatoms. The highest BCUT2D eigenvalue weighted by Gasteiger charge is 2.21. The second-order valence-corrected chi connectivity index (χ2v) is 9.04. The molecule has 0 aromatic heterocycles. The van der Waals surface area contributed by atoms with Crippen LogP contribution in [-0.4, -0.2) is 50.2 Å². The molecule has 28 heavy (non-hydrogen) atoms. The normalized spacial score (nSPS) is 12.9. The molecule has 0 spiro atoms. The highest BCUT2D eigenvalue weighted by Crippen LogP contribution is 2.19. The minimum absolute atomic E-state index is 0.125. The standard InChI is InChI=1S/C21H29N3O3S/c1-5-17(2)23(3)16-21(25)22-19-11-13-20(14-12-19)28(26,27)24(4)15-18-9-7-6-8-10-18/h6-14,17H,5,15-16H2,1-4H3,(H,22,25). The second kappa shape index (κ2) is 9.82. The maximum absolute atomic E-state index is 12.8. The van der Waals surface area contributed by atoms with Gasteiger partial charge in [0.2, 0.25) is 15.9 Å². The fraction of sp³-hybridized carbons (Fsp3) is 0.381. The molecule has 2 aromatic rings. The van der Waals surface area contributed by atoms with Gasteiger partial charge < -0.3 is 5.32 Å². The van der Waals surface area contributed by atoms with E-state index in [9.17, 15) is 13.2 Å². The zero-order valence-corrected chi connectivity index (χ0v) is 17.7. The monoisotopic (exact) mass is 403 g/mol. The molecule has 2 aromatic carbocycles. The minimum atomic E-state index is -3.60.